The van der Waals surface area contributed by atoms with Gasteiger partial charge < -0.3 is 4.74 Å². The topological polar surface area (TPSA) is 35.0 Å². The van der Waals surface area contributed by atoms with Gasteiger partial charge in [-0.3, -0.25) is 0 Å². The highest BCUT2D eigenvalue weighted by Gasteiger charge is 2.04. The standard InChI is InChI=1S/C9H10BrClN2O/c1-6(2)3-4-14-8-7(10)5-12-9(11)13-8/h5H,1,3-4H2,2H3. The van der Waals surface area contributed by atoms with Gasteiger partial charge in [0.2, 0.25) is 11.2 Å². The van der Waals surface area contributed by atoms with Crippen LogP contribution in [0.25, 0.3) is 0 Å². The second kappa shape index (κ2) is 5.32. The van der Waals surface area contributed by atoms with Crippen molar-refractivity contribution in [3.63, 3.8) is 0 Å². The van der Waals surface area contributed by atoms with Gasteiger partial charge in [-0.1, -0.05) is 5.57 Å². The van der Waals surface area contributed by atoms with E-state index in [2.05, 4.69) is 32.5 Å². The van der Waals surface area contributed by atoms with Gasteiger partial charge in [0.25, 0.3) is 0 Å². The maximum absolute atomic E-state index is 5.62. The summed E-state index contributed by atoms with van der Waals surface area (Å²) >= 11 is 8.88. The van der Waals surface area contributed by atoms with Gasteiger partial charge in [0.1, 0.15) is 0 Å². The molecule has 0 unspecified atom stereocenters. The zero-order chi connectivity index (χ0) is 10.6. The summed E-state index contributed by atoms with van der Waals surface area (Å²) in [6.45, 7) is 6.27. The minimum atomic E-state index is 0.179. The van der Waals surface area contributed by atoms with Crippen LogP contribution in [0.1, 0.15) is 13.3 Å². The van der Waals surface area contributed by atoms with Crippen molar-refractivity contribution in [2.75, 3.05) is 6.61 Å². The number of halogens is 2. The molecule has 1 aromatic rings. The van der Waals surface area contributed by atoms with Crippen LogP contribution >= 0.6 is 27.5 Å². The summed E-state index contributed by atoms with van der Waals surface area (Å²) in [4.78, 5) is 7.72. The molecule has 1 heterocycles. The lowest BCUT2D eigenvalue weighted by atomic mass is 10.3. The van der Waals surface area contributed by atoms with Crippen molar-refractivity contribution in [3.05, 3.63) is 28.1 Å². The van der Waals surface area contributed by atoms with Crippen molar-refractivity contribution in [3.8, 4) is 5.88 Å². The second-order valence-corrected chi connectivity index (χ2v) is 4.04. The van der Waals surface area contributed by atoms with Gasteiger partial charge in [0, 0.05) is 12.6 Å². The van der Waals surface area contributed by atoms with Crippen LogP contribution < -0.4 is 4.74 Å². The molecule has 0 saturated carbocycles. The highest BCUT2D eigenvalue weighted by Crippen LogP contribution is 2.22. The third-order valence-corrected chi connectivity index (χ3v) is 2.18. The fraction of sp³-hybridized carbons (Fsp3) is 0.333. The summed E-state index contributed by atoms with van der Waals surface area (Å²) in [5.41, 5.74) is 1.07. The molecule has 1 aromatic heterocycles. The van der Waals surface area contributed by atoms with Gasteiger partial charge in [-0.05, 0) is 34.5 Å². The first-order valence-corrected chi connectivity index (χ1v) is 5.22. The lowest BCUT2D eigenvalue weighted by Crippen LogP contribution is -2.00. The normalized spacial score (nSPS) is 9.93. The first-order valence-electron chi connectivity index (χ1n) is 4.05. The smallest absolute Gasteiger partial charge is 0.232 e. The predicted octanol–water partition coefficient (Wildman–Crippen LogP) is 3.24. The third-order valence-electron chi connectivity index (χ3n) is 1.45. The van der Waals surface area contributed by atoms with E-state index in [1.807, 2.05) is 6.92 Å². The van der Waals surface area contributed by atoms with Crippen molar-refractivity contribution in [1.29, 1.82) is 0 Å². The fourth-order valence-corrected chi connectivity index (χ4v) is 1.19. The molecule has 0 bridgehead atoms. The lowest BCUT2D eigenvalue weighted by molar-refractivity contribution is 0.306. The summed E-state index contributed by atoms with van der Waals surface area (Å²) in [5, 5.41) is 0.179. The number of aromatic nitrogens is 2. The lowest BCUT2D eigenvalue weighted by Gasteiger charge is -2.06. The minimum Gasteiger partial charge on any atom is -0.476 e. The van der Waals surface area contributed by atoms with E-state index in [0.29, 0.717) is 17.0 Å². The quantitative estimate of drug-likeness (QED) is 0.626. The maximum Gasteiger partial charge on any atom is 0.232 e. The zero-order valence-electron chi connectivity index (χ0n) is 7.76. The van der Waals surface area contributed by atoms with E-state index in [-0.39, 0.29) is 5.28 Å². The molecule has 1 rings (SSSR count). The van der Waals surface area contributed by atoms with Gasteiger partial charge in [-0.15, -0.1) is 6.58 Å². The summed E-state index contributed by atoms with van der Waals surface area (Å²) < 4.78 is 6.08. The molecule has 0 saturated heterocycles. The molecule has 0 aliphatic heterocycles. The SMILES string of the molecule is C=C(C)CCOc1nc(Cl)ncc1Br. The summed E-state index contributed by atoms with van der Waals surface area (Å²) in [7, 11) is 0. The van der Waals surface area contributed by atoms with E-state index in [1.165, 1.54) is 0 Å². The molecule has 0 aliphatic carbocycles. The molecule has 0 atom stereocenters. The average Bonchev–Trinajstić information content (AvgIpc) is 2.10. The molecular weight excluding hydrogens is 267 g/mol. The monoisotopic (exact) mass is 276 g/mol. The first kappa shape index (κ1) is 11.5. The number of hydrogen-bond acceptors (Lipinski definition) is 3. The van der Waals surface area contributed by atoms with E-state index < -0.39 is 0 Å². The Balaban J connectivity index is 2.57. The van der Waals surface area contributed by atoms with Gasteiger partial charge in [0.15, 0.2) is 0 Å². The molecule has 0 amide bonds. The molecular formula is C9H10BrClN2O. The Morgan fingerprint density at radius 3 is 3.07 bits per heavy atom. The van der Waals surface area contributed by atoms with Gasteiger partial charge in [-0.2, -0.15) is 4.98 Å². The van der Waals surface area contributed by atoms with E-state index >= 15 is 0 Å². The first-order chi connectivity index (χ1) is 6.59. The van der Waals surface area contributed by atoms with Crippen LogP contribution in [0, 0.1) is 0 Å². The molecule has 14 heavy (non-hydrogen) atoms. The third kappa shape index (κ3) is 3.64. The summed E-state index contributed by atoms with van der Waals surface area (Å²) in [6, 6.07) is 0. The second-order valence-electron chi connectivity index (χ2n) is 2.85. The van der Waals surface area contributed by atoms with Crippen molar-refractivity contribution in [2.45, 2.75) is 13.3 Å². The predicted molar refractivity (Wildman–Crippen MR) is 59.7 cm³/mol. The van der Waals surface area contributed by atoms with Crippen LogP contribution in [0.4, 0.5) is 0 Å². The molecule has 0 radical (unpaired) electrons. The van der Waals surface area contributed by atoms with Crippen LogP contribution in [0.5, 0.6) is 5.88 Å². The number of ether oxygens (including phenoxy) is 1. The number of rotatable bonds is 4. The molecule has 5 heteroatoms. The zero-order valence-corrected chi connectivity index (χ0v) is 10.1. The minimum absolute atomic E-state index is 0.179. The van der Waals surface area contributed by atoms with E-state index in [4.69, 9.17) is 16.3 Å². The van der Waals surface area contributed by atoms with Crippen molar-refractivity contribution in [1.82, 2.24) is 9.97 Å². The Morgan fingerprint density at radius 2 is 2.43 bits per heavy atom. The van der Waals surface area contributed by atoms with Crippen LogP contribution in [-0.2, 0) is 0 Å². The molecule has 0 fully saturated rings. The Kier molecular flexibility index (Phi) is 4.35. The van der Waals surface area contributed by atoms with Crippen molar-refractivity contribution >= 4 is 27.5 Å². The fourth-order valence-electron chi connectivity index (χ4n) is 0.754. The molecule has 0 aromatic carbocycles. The largest absolute Gasteiger partial charge is 0.476 e. The summed E-state index contributed by atoms with van der Waals surface area (Å²) in [6.07, 6.45) is 2.36. The van der Waals surface area contributed by atoms with Crippen LogP contribution in [0.2, 0.25) is 5.28 Å². The Bertz CT molecular complexity index is 344. The van der Waals surface area contributed by atoms with Gasteiger partial charge in [-0.25, -0.2) is 4.98 Å². The molecule has 3 nitrogen and oxygen atoms in total. The van der Waals surface area contributed by atoms with Crippen molar-refractivity contribution in [2.24, 2.45) is 0 Å². The average molecular weight is 278 g/mol. The van der Waals surface area contributed by atoms with Gasteiger partial charge in [0.05, 0.1) is 11.1 Å². The van der Waals surface area contributed by atoms with Crippen LogP contribution in [0.3, 0.4) is 0 Å². The number of hydrogen-bond donors (Lipinski definition) is 0. The highest BCUT2D eigenvalue weighted by molar-refractivity contribution is 9.10. The Labute approximate surface area is 96.3 Å². The number of nitrogens with zero attached hydrogens (tertiary/aromatic N) is 2. The summed E-state index contributed by atoms with van der Waals surface area (Å²) in [5.74, 6) is 0.464. The molecule has 0 spiro atoms. The Hall–Kier alpha value is -0.610. The highest BCUT2D eigenvalue weighted by atomic mass is 79.9. The van der Waals surface area contributed by atoms with E-state index in [9.17, 15) is 0 Å². The van der Waals surface area contributed by atoms with Crippen molar-refractivity contribution < 1.29 is 4.74 Å². The maximum atomic E-state index is 5.62. The molecule has 0 aliphatic rings. The van der Waals surface area contributed by atoms with Crippen LogP contribution in [0.15, 0.2) is 22.8 Å². The van der Waals surface area contributed by atoms with Crippen LogP contribution in [-0.4, -0.2) is 16.6 Å². The van der Waals surface area contributed by atoms with E-state index in [1.54, 1.807) is 6.20 Å². The molecule has 0 N–H and O–H groups in total. The Morgan fingerprint density at radius 1 is 1.71 bits per heavy atom. The van der Waals surface area contributed by atoms with Gasteiger partial charge >= 0.3 is 0 Å². The molecule has 76 valence electrons. The van der Waals surface area contributed by atoms with E-state index in [0.717, 1.165) is 12.0 Å².